The number of rotatable bonds is 5. The zero-order chi connectivity index (χ0) is 12.3. The second-order valence-corrected chi connectivity index (χ2v) is 4.16. The first-order chi connectivity index (χ1) is 8.20. The number of nitrogens with one attached hydrogen (secondary N) is 1. The number of aromatic nitrogens is 4. The first-order valence-corrected chi connectivity index (χ1v) is 5.91. The molecule has 0 radical (unpaired) electrons. The Kier molecular flexibility index (Phi) is 3.58. The van der Waals surface area contributed by atoms with Gasteiger partial charge in [-0.25, -0.2) is 0 Å². The fourth-order valence-electron chi connectivity index (χ4n) is 1.81. The molecule has 5 heteroatoms. The Morgan fingerprint density at radius 3 is 2.76 bits per heavy atom. The maximum Gasteiger partial charge on any atom is 0.0762 e. The van der Waals surface area contributed by atoms with E-state index >= 15 is 0 Å². The first kappa shape index (κ1) is 11.9. The van der Waals surface area contributed by atoms with E-state index in [2.05, 4.69) is 29.4 Å². The summed E-state index contributed by atoms with van der Waals surface area (Å²) in [6.45, 7) is 6.69. The quantitative estimate of drug-likeness (QED) is 0.845. The van der Waals surface area contributed by atoms with Gasteiger partial charge in [-0.3, -0.25) is 9.36 Å². The molecule has 5 nitrogen and oxygen atoms in total. The molecule has 0 bridgehead atoms. The van der Waals surface area contributed by atoms with Gasteiger partial charge in [0.15, 0.2) is 0 Å². The minimum Gasteiger partial charge on any atom is -0.305 e. The molecular formula is C12H19N5. The molecule has 0 saturated heterocycles. The molecule has 2 rings (SSSR count). The fraction of sp³-hybridized carbons (Fsp3) is 0.500. The second-order valence-electron chi connectivity index (χ2n) is 4.16. The van der Waals surface area contributed by atoms with Crippen LogP contribution in [0.2, 0.25) is 0 Å². The van der Waals surface area contributed by atoms with Crippen molar-refractivity contribution >= 4 is 0 Å². The van der Waals surface area contributed by atoms with Crippen molar-refractivity contribution in [3.63, 3.8) is 0 Å². The lowest BCUT2D eigenvalue weighted by atomic mass is 10.2. The third-order valence-electron chi connectivity index (χ3n) is 2.89. The SMILES string of the molecule is CCn1ccc(CNCc2c(C)cnn2C)n1. The average Bonchev–Trinajstić information content (AvgIpc) is 2.90. The highest BCUT2D eigenvalue weighted by atomic mass is 15.3. The third kappa shape index (κ3) is 2.74. The van der Waals surface area contributed by atoms with Gasteiger partial charge in [0.2, 0.25) is 0 Å². The average molecular weight is 233 g/mol. The van der Waals surface area contributed by atoms with Gasteiger partial charge in [0.05, 0.1) is 17.6 Å². The molecule has 92 valence electrons. The summed E-state index contributed by atoms with van der Waals surface area (Å²) in [5.74, 6) is 0. The monoisotopic (exact) mass is 233 g/mol. The van der Waals surface area contributed by atoms with Crippen LogP contribution in [0.3, 0.4) is 0 Å². The lowest BCUT2D eigenvalue weighted by Crippen LogP contribution is -2.16. The van der Waals surface area contributed by atoms with Crippen LogP contribution in [0.1, 0.15) is 23.9 Å². The van der Waals surface area contributed by atoms with Crippen molar-refractivity contribution < 1.29 is 0 Å². The molecule has 0 amide bonds. The molecule has 0 spiro atoms. The maximum absolute atomic E-state index is 4.42. The highest BCUT2D eigenvalue weighted by Gasteiger charge is 2.04. The van der Waals surface area contributed by atoms with E-state index in [1.807, 2.05) is 34.9 Å². The van der Waals surface area contributed by atoms with Crippen LogP contribution in [0.4, 0.5) is 0 Å². The van der Waals surface area contributed by atoms with Gasteiger partial charge in [-0.1, -0.05) is 0 Å². The van der Waals surface area contributed by atoms with Crippen LogP contribution in [0.15, 0.2) is 18.5 Å². The Hall–Kier alpha value is -1.62. The van der Waals surface area contributed by atoms with E-state index in [0.717, 1.165) is 25.3 Å². The fourth-order valence-corrected chi connectivity index (χ4v) is 1.81. The van der Waals surface area contributed by atoms with Gasteiger partial charge in [-0.05, 0) is 25.5 Å². The van der Waals surface area contributed by atoms with Crippen LogP contribution in [0.5, 0.6) is 0 Å². The van der Waals surface area contributed by atoms with Crippen LogP contribution in [-0.2, 0) is 26.7 Å². The zero-order valence-corrected chi connectivity index (χ0v) is 10.6. The van der Waals surface area contributed by atoms with E-state index in [-0.39, 0.29) is 0 Å². The summed E-state index contributed by atoms with van der Waals surface area (Å²) in [5, 5.41) is 12.0. The molecule has 0 atom stereocenters. The molecule has 0 unspecified atom stereocenters. The molecule has 0 aliphatic heterocycles. The van der Waals surface area contributed by atoms with Gasteiger partial charge in [-0.2, -0.15) is 10.2 Å². The van der Waals surface area contributed by atoms with Crippen molar-refractivity contribution in [2.24, 2.45) is 7.05 Å². The van der Waals surface area contributed by atoms with Crippen molar-refractivity contribution in [3.8, 4) is 0 Å². The van der Waals surface area contributed by atoms with E-state index in [4.69, 9.17) is 0 Å². The molecule has 0 aliphatic carbocycles. The van der Waals surface area contributed by atoms with Gasteiger partial charge in [0, 0.05) is 32.9 Å². The Balaban J connectivity index is 1.87. The van der Waals surface area contributed by atoms with Crippen LogP contribution in [0.25, 0.3) is 0 Å². The van der Waals surface area contributed by atoms with Crippen molar-refractivity contribution in [2.45, 2.75) is 33.5 Å². The summed E-state index contributed by atoms with van der Waals surface area (Å²) >= 11 is 0. The van der Waals surface area contributed by atoms with E-state index in [1.54, 1.807) is 0 Å². The first-order valence-electron chi connectivity index (χ1n) is 5.91. The molecule has 2 aromatic heterocycles. The van der Waals surface area contributed by atoms with E-state index in [9.17, 15) is 0 Å². The second kappa shape index (κ2) is 5.14. The number of aryl methyl sites for hydroxylation is 3. The number of hydrogen-bond donors (Lipinski definition) is 1. The Morgan fingerprint density at radius 2 is 2.18 bits per heavy atom. The molecule has 0 saturated carbocycles. The molecule has 2 heterocycles. The largest absolute Gasteiger partial charge is 0.305 e. The van der Waals surface area contributed by atoms with Crippen molar-refractivity contribution in [1.82, 2.24) is 24.9 Å². The predicted molar refractivity (Wildman–Crippen MR) is 66.4 cm³/mol. The van der Waals surface area contributed by atoms with Crippen LogP contribution in [0, 0.1) is 6.92 Å². The Bertz CT molecular complexity index is 463. The molecule has 0 aromatic carbocycles. The van der Waals surface area contributed by atoms with E-state index in [1.165, 1.54) is 11.3 Å². The Labute approximate surface area is 101 Å². The van der Waals surface area contributed by atoms with Crippen LogP contribution >= 0.6 is 0 Å². The minimum absolute atomic E-state index is 0.789. The smallest absolute Gasteiger partial charge is 0.0762 e. The highest BCUT2D eigenvalue weighted by Crippen LogP contribution is 2.05. The summed E-state index contributed by atoms with van der Waals surface area (Å²) in [6.07, 6.45) is 3.90. The normalized spacial score (nSPS) is 11.0. The summed E-state index contributed by atoms with van der Waals surface area (Å²) < 4.78 is 3.85. The summed E-state index contributed by atoms with van der Waals surface area (Å²) in [5.41, 5.74) is 3.52. The lowest BCUT2D eigenvalue weighted by molar-refractivity contribution is 0.597. The molecule has 0 aliphatic rings. The molecule has 1 N–H and O–H groups in total. The van der Waals surface area contributed by atoms with Crippen LogP contribution < -0.4 is 5.32 Å². The molecule has 0 fully saturated rings. The Morgan fingerprint density at radius 1 is 1.35 bits per heavy atom. The number of nitrogens with zero attached hydrogens (tertiary/aromatic N) is 4. The summed E-state index contributed by atoms with van der Waals surface area (Å²) in [4.78, 5) is 0. The molecule has 17 heavy (non-hydrogen) atoms. The van der Waals surface area contributed by atoms with Gasteiger partial charge in [0.25, 0.3) is 0 Å². The maximum atomic E-state index is 4.42. The minimum atomic E-state index is 0.789. The van der Waals surface area contributed by atoms with Gasteiger partial charge >= 0.3 is 0 Å². The van der Waals surface area contributed by atoms with Crippen molar-refractivity contribution in [2.75, 3.05) is 0 Å². The highest BCUT2D eigenvalue weighted by molar-refractivity contribution is 5.15. The molecule has 2 aromatic rings. The van der Waals surface area contributed by atoms with E-state index < -0.39 is 0 Å². The summed E-state index contributed by atoms with van der Waals surface area (Å²) in [6, 6.07) is 2.05. The van der Waals surface area contributed by atoms with Crippen LogP contribution in [-0.4, -0.2) is 19.6 Å². The van der Waals surface area contributed by atoms with Crippen molar-refractivity contribution in [1.29, 1.82) is 0 Å². The standard InChI is InChI=1S/C12H19N5/c1-4-17-6-5-11(15-17)8-13-9-12-10(2)7-14-16(12)3/h5-7,13H,4,8-9H2,1-3H3. The lowest BCUT2D eigenvalue weighted by Gasteiger charge is -2.05. The third-order valence-corrected chi connectivity index (χ3v) is 2.89. The van der Waals surface area contributed by atoms with Crippen molar-refractivity contribution in [3.05, 3.63) is 35.4 Å². The number of hydrogen-bond acceptors (Lipinski definition) is 3. The van der Waals surface area contributed by atoms with Gasteiger partial charge in [-0.15, -0.1) is 0 Å². The zero-order valence-electron chi connectivity index (χ0n) is 10.6. The molecular weight excluding hydrogens is 214 g/mol. The van der Waals surface area contributed by atoms with Gasteiger partial charge in [0.1, 0.15) is 0 Å². The van der Waals surface area contributed by atoms with E-state index in [0.29, 0.717) is 0 Å². The predicted octanol–water partition coefficient (Wildman–Crippen LogP) is 1.23. The van der Waals surface area contributed by atoms with Gasteiger partial charge < -0.3 is 5.32 Å². The topological polar surface area (TPSA) is 47.7 Å². The summed E-state index contributed by atoms with van der Waals surface area (Å²) in [7, 11) is 1.97.